The van der Waals surface area contributed by atoms with Gasteiger partial charge in [0.05, 0.1) is 4.90 Å². The Balaban J connectivity index is 1.69. The number of benzene rings is 2. The molecule has 2 N–H and O–H groups in total. The molecule has 0 unspecified atom stereocenters. The summed E-state index contributed by atoms with van der Waals surface area (Å²) in [4.78, 5) is 24.2. The first-order valence-corrected chi connectivity index (χ1v) is 9.74. The molecule has 1 fully saturated rings. The Hall–Kier alpha value is -2.67. The van der Waals surface area contributed by atoms with E-state index in [-0.39, 0.29) is 22.6 Å². The topological polar surface area (TPSA) is 92.3 Å². The SMILES string of the molecule is CS(=O)(=O)c1ccc(C(=O)Nc2cccc(NC(=O)C3CC3)c2)cc1. The monoisotopic (exact) mass is 358 g/mol. The number of hydrogen-bond donors (Lipinski definition) is 2. The lowest BCUT2D eigenvalue weighted by molar-refractivity contribution is -0.117. The lowest BCUT2D eigenvalue weighted by Gasteiger charge is -2.09. The van der Waals surface area contributed by atoms with Gasteiger partial charge in [-0.2, -0.15) is 0 Å². The predicted molar refractivity (Wildman–Crippen MR) is 95.3 cm³/mol. The van der Waals surface area contributed by atoms with Gasteiger partial charge in [0.15, 0.2) is 9.84 Å². The predicted octanol–water partition coefficient (Wildman–Crippen LogP) is 2.69. The van der Waals surface area contributed by atoms with Crippen molar-refractivity contribution < 1.29 is 18.0 Å². The van der Waals surface area contributed by atoms with Gasteiger partial charge in [-0.05, 0) is 55.3 Å². The average Bonchev–Trinajstić information content (AvgIpc) is 3.39. The van der Waals surface area contributed by atoms with E-state index in [2.05, 4.69) is 10.6 Å². The first-order valence-electron chi connectivity index (χ1n) is 7.85. The van der Waals surface area contributed by atoms with Crippen LogP contribution in [0.4, 0.5) is 11.4 Å². The fourth-order valence-electron chi connectivity index (χ4n) is 2.32. The van der Waals surface area contributed by atoms with Gasteiger partial charge in [-0.15, -0.1) is 0 Å². The fraction of sp³-hybridized carbons (Fsp3) is 0.222. The summed E-state index contributed by atoms with van der Waals surface area (Å²) in [6.45, 7) is 0. The maximum absolute atomic E-state index is 12.3. The molecule has 0 aromatic heterocycles. The van der Waals surface area contributed by atoms with Gasteiger partial charge in [0, 0.05) is 29.1 Å². The summed E-state index contributed by atoms with van der Waals surface area (Å²) < 4.78 is 22.9. The maximum Gasteiger partial charge on any atom is 0.255 e. The molecule has 0 aliphatic heterocycles. The largest absolute Gasteiger partial charge is 0.326 e. The van der Waals surface area contributed by atoms with Crippen LogP contribution in [0.5, 0.6) is 0 Å². The van der Waals surface area contributed by atoms with Crippen molar-refractivity contribution in [1.29, 1.82) is 0 Å². The quantitative estimate of drug-likeness (QED) is 0.859. The van der Waals surface area contributed by atoms with Crippen molar-refractivity contribution in [2.75, 3.05) is 16.9 Å². The van der Waals surface area contributed by atoms with E-state index in [0.29, 0.717) is 16.9 Å². The van der Waals surface area contributed by atoms with E-state index in [9.17, 15) is 18.0 Å². The fourth-order valence-corrected chi connectivity index (χ4v) is 2.95. The molecular weight excluding hydrogens is 340 g/mol. The molecule has 2 aromatic rings. The number of rotatable bonds is 5. The summed E-state index contributed by atoms with van der Waals surface area (Å²) in [5.41, 5.74) is 1.52. The number of sulfone groups is 1. The Morgan fingerprint density at radius 3 is 2.12 bits per heavy atom. The normalized spacial score (nSPS) is 14.0. The van der Waals surface area contributed by atoms with Gasteiger partial charge in [-0.1, -0.05) is 6.07 Å². The Bertz CT molecular complexity index is 916. The Kier molecular flexibility index (Phi) is 4.59. The molecule has 0 atom stereocenters. The van der Waals surface area contributed by atoms with Crippen LogP contribution in [0.1, 0.15) is 23.2 Å². The summed E-state index contributed by atoms with van der Waals surface area (Å²) in [5.74, 6) is -0.253. The number of nitrogens with one attached hydrogen (secondary N) is 2. The molecule has 0 bridgehead atoms. The van der Waals surface area contributed by atoms with Crippen LogP contribution in [0.25, 0.3) is 0 Å². The van der Waals surface area contributed by atoms with Gasteiger partial charge in [-0.25, -0.2) is 8.42 Å². The van der Waals surface area contributed by atoms with Crippen LogP contribution in [-0.4, -0.2) is 26.5 Å². The van der Waals surface area contributed by atoms with Crippen LogP contribution in [0.15, 0.2) is 53.4 Å². The third-order valence-electron chi connectivity index (χ3n) is 3.88. The second-order valence-corrected chi connectivity index (χ2v) is 8.11. The molecule has 0 spiro atoms. The minimum Gasteiger partial charge on any atom is -0.326 e. The lowest BCUT2D eigenvalue weighted by Crippen LogP contribution is -2.14. The third kappa shape index (κ3) is 4.45. The number of carbonyl (C=O) groups is 2. The second kappa shape index (κ2) is 6.68. The number of hydrogen-bond acceptors (Lipinski definition) is 4. The highest BCUT2D eigenvalue weighted by Crippen LogP contribution is 2.30. The van der Waals surface area contributed by atoms with Crippen molar-refractivity contribution in [2.45, 2.75) is 17.7 Å². The van der Waals surface area contributed by atoms with Crippen LogP contribution in [-0.2, 0) is 14.6 Å². The van der Waals surface area contributed by atoms with Crippen molar-refractivity contribution in [3.05, 3.63) is 54.1 Å². The highest BCUT2D eigenvalue weighted by Gasteiger charge is 2.29. The van der Waals surface area contributed by atoms with Gasteiger partial charge in [0.2, 0.25) is 5.91 Å². The Morgan fingerprint density at radius 1 is 0.960 bits per heavy atom. The van der Waals surface area contributed by atoms with E-state index < -0.39 is 9.84 Å². The zero-order valence-electron chi connectivity index (χ0n) is 13.7. The van der Waals surface area contributed by atoms with E-state index in [0.717, 1.165) is 19.1 Å². The third-order valence-corrected chi connectivity index (χ3v) is 5.01. The Morgan fingerprint density at radius 2 is 1.56 bits per heavy atom. The molecule has 7 heteroatoms. The highest BCUT2D eigenvalue weighted by atomic mass is 32.2. The molecule has 6 nitrogen and oxygen atoms in total. The zero-order chi connectivity index (χ0) is 18.0. The molecule has 1 aliphatic carbocycles. The van der Waals surface area contributed by atoms with Crippen molar-refractivity contribution in [1.82, 2.24) is 0 Å². The van der Waals surface area contributed by atoms with E-state index in [1.54, 1.807) is 24.3 Å². The molecule has 0 heterocycles. The molecular formula is C18H18N2O4S. The summed E-state index contributed by atoms with van der Waals surface area (Å²) >= 11 is 0. The highest BCUT2D eigenvalue weighted by molar-refractivity contribution is 7.90. The number of anilines is 2. The maximum atomic E-state index is 12.3. The molecule has 1 aliphatic rings. The van der Waals surface area contributed by atoms with Gasteiger partial charge in [-0.3, -0.25) is 9.59 Å². The summed E-state index contributed by atoms with van der Waals surface area (Å²) in [5, 5.41) is 5.56. The first kappa shape index (κ1) is 17.2. The molecule has 2 aromatic carbocycles. The van der Waals surface area contributed by atoms with Gasteiger partial charge in [0.25, 0.3) is 5.91 Å². The van der Waals surface area contributed by atoms with Crippen molar-refractivity contribution in [3.63, 3.8) is 0 Å². The van der Waals surface area contributed by atoms with Gasteiger partial charge in [0.1, 0.15) is 0 Å². The second-order valence-electron chi connectivity index (χ2n) is 6.09. The number of amides is 2. The van der Waals surface area contributed by atoms with Gasteiger partial charge >= 0.3 is 0 Å². The minimum atomic E-state index is -3.30. The van der Waals surface area contributed by atoms with Crippen molar-refractivity contribution in [3.8, 4) is 0 Å². The van der Waals surface area contributed by atoms with E-state index in [1.165, 1.54) is 24.3 Å². The molecule has 25 heavy (non-hydrogen) atoms. The standard InChI is InChI=1S/C18H18N2O4S/c1-25(23,24)16-9-7-13(8-10-16)18(22)20-15-4-2-3-14(11-15)19-17(21)12-5-6-12/h2-4,7-12H,5-6H2,1H3,(H,19,21)(H,20,22). The van der Waals surface area contributed by atoms with Crippen molar-refractivity contribution >= 4 is 33.0 Å². The molecule has 130 valence electrons. The van der Waals surface area contributed by atoms with E-state index in [1.807, 2.05) is 0 Å². The number of carbonyl (C=O) groups excluding carboxylic acids is 2. The lowest BCUT2D eigenvalue weighted by atomic mass is 10.2. The molecule has 3 rings (SSSR count). The van der Waals surface area contributed by atoms with Crippen LogP contribution in [0.2, 0.25) is 0 Å². The van der Waals surface area contributed by atoms with E-state index >= 15 is 0 Å². The molecule has 0 radical (unpaired) electrons. The van der Waals surface area contributed by atoms with Gasteiger partial charge < -0.3 is 10.6 Å². The minimum absolute atomic E-state index is 0.000148. The Labute approximate surface area is 146 Å². The molecule has 2 amide bonds. The van der Waals surface area contributed by atoms with E-state index in [4.69, 9.17) is 0 Å². The van der Waals surface area contributed by atoms with Crippen LogP contribution < -0.4 is 10.6 Å². The summed E-state index contributed by atoms with van der Waals surface area (Å²) in [7, 11) is -3.30. The van der Waals surface area contributed by atoms with Crippen LogP contribution in [0.3, 0.4) is 0 Å². The van der Waals surface area contributed by atoms with Crippen LogP contribution >= 0.6 is 0 Å². The molecule has 1 saturated carbocycles. The average molecular weight is 358 g/mol. The molecule has 0 saturated heterocycles. The smallest absolute Gasteiger partial charge is 0.255 e. The first-order chi connectivity index (χ1) is 11.8. The zero-order valence-corrected chi connectivity index (χ0v) is 14.5. The summed E-state index contributed by atoms with van der Waals surface area (Å²) in [6.07, 6.45) is 2.96. The van der Waals surface area contributed by atoms with Crippen LogP contribution in [0, 0.1) is 5.92 Å². The van der Waals surface area contributed by atoms with Crippen molar-refractivity contribution in [2.24, 2.45) is 5.92 Å². The summed E-state index contributed by atoms with van der Waals surface area (Å²) in [6, 6.07) is 12.6.